The second-order valence-corrected chi connectivity index (χ2v) is 22.7. The van der Waals surface area contributed by atoms with Gasteiger partial charge in [-0.15, -0.1) is 5.10 Å². The zero-order valence-corrected chi connectivity index (χ0v) is 47.7. The van der Waals surface area contributed by atoms with E-state index in [-0.39, 0.29) is 61.6 Å². The van der Waals surface area contributed by atoms with Crippen molar-refractivity contribution in [1.29, 1.82) is 0 Å². The molecule has 1 aromatic heterocycles. The van der Waals surface area contributed by atoms with Crippen molar-refractivity contribution >= 4 is 29.2 Å². The predicted octanol–water partition coefficient (Wildman–Crippen LogP) is 4.67. The summed E-state index contributed by atoms with van der Waals surface area (Å²) in [5, 5.41) is 61.3. The summed E-state index contributed by atoms with van der Waals surface area (Å²) in [6.45, 7) is 11.0. The van der Waals surface area contributed by atoms with Crippen LogP contribution in [0.3, 0.4) is 0 Å². The Balaban J connectivity index is 1.42. The first kappa shape index (κ1) is 64.5. The van der Waals surface area contributed by atoms with Crippen molar-refractivity contribution in [3.8, 4) is 0 Å². The summed E-state index contributed by atoms with van der Waals surface area (Å²) in [4.78, 5) is 72.8. The van der Waals surface area contributed by atoms with E-state index in [1.165, 1.54) is 22.9 Å². The number of ketones is 3. The molecule has 2 bridgehead atoms. The van der Waals surface area contributed by atoms with Gasteiger partial charge in [-0.25, -0.2) is 9.48 Å². The minimum absolute atomic E-state index is 0.00553. The third kappa shape index (κ3) is 16.2. The average molecular weight is 1100 g/mol. The van der Waals surface area contributed by atoms with Crippen LogP contribution in [0, 0.1) is 35.5 Å². The van der Waals surface area contributed by atoms with Crippen molar-refractivity contribution in [2.45, 2.75) is 192 Å². The van der Waals surface area contributed by atoms with Crippen LogP contribution >= 0.6 is 0 Å². The fraction of sp³-hybridized carbons (Fsp3) is 0.741. The first-order chi connectivity index (χ1) is 37.1. The van der Waals surface area contributed by atoms with Crippen LogP contribution in [0.5, 0.6) is 0 Å². The lowest BCUT2D eigenvalue weighted by atomic mass is 9.78. The molecule has 5 rings (SSSR count). The van der Waals surface area contributed by atoms with E-state index in [1.807, 2.05) is 51.2 Å². The zero-order chi connectivity index (χ0) is 57.5. The lowest BCUT2D eigenvalue weighted by Gasteiger charge is -2.42. The summed E-state index contributed by atoms with van der Waals surface area (Å²) in [6.07, 6.45) is 12.4. The summed E-state index contributed by atoms with van der Waals surface area (Å²) in [7, 11) is 4.53. The highest BCUT2D eigenvalue weighted by atomic mass is 16.6. The van der Waals surface area contributed by atoms with Crippen LogP contribution in [-0.4, -0.2) is 177 Å². The van der Waals surface area contributed by atoms with E-state index in [0.29, 0.717) is 75.5 Å². The maximum absolute atomic E-state index is 14.6. The molecule has 3 aliphatic heterocycles. The number of hydrogen-bond donors (Lipinski definition) is 5. The van der Waals surface area contributed by atoms with Crippen molar-refractivity contribution in [2.75, 3.05) is 47.7 Å². The number of allylic oxidation sites excluding steroid dienone is 6. The Labute approximate surface area is 460 Å². The molecule has 20 heteroatoms. The molecule has 15 atom stereocenters. The summed E-state index contributed by atoms with van der Waals surface area (Å²) in [6, 6.07) is -1.19. The Morgan fingerprint density at radius 1 is 0.846 bits per heavy atom. The number of carbonyl (C=O) groups excluding carboxylic acids is 5. The maximum atomic E-state index is 14.6. The minimum atomic E-state index is -2.47. The quantitative estimate of drug-likeness (QED) is 0.102. The van der Waals surface area contributed by atoms with E-state index >= 15 is 0 Å². The number of rotatable bonds is 13. The smallest absolute Gasteiger partial charge is 0.329 e. The van der Waals surface area contributed by atoms with Crippen molar-refractivity contribution < 1.29 is 77.9 Å². The number of aliphatic hydroxyl groups is 5. The van der Waals surface area contributed by atoms with Crippen LogP contribution < -0.4 is 0 Å². The van der Waals surface area contributed by atoms with Gasteiger partial charge in [0.25, 0.3) is 11.7 Å². The van der Waals surface area contributed by atoms with Gasteiger partial charge in [0.1, 0.15) is 41.4 Å². The summed E-state index contributed by atoms with van der Waals surface area (Å²) in [5.41, 5.74) is 0.220. The molecule has 0 unspecified atom stereocenters. The monoisotopic (exact) mass is 1100 g/mol. The molecule has 2 saturated heterocycles. The molecule has 20 nitrogen and oxygen atoms in total. The molecule has 0 aromatic carbocycles. The standard InChI is InChI=1S/C58H90N4O16/c1-35-16-12-11-13-17-36(2)48(73-8)28-44-21-19-41(7)58(72,78-44)54(69)55(70)61-23-15-14-18-45(61)56(71)77-49(29-46(66)37(3)25-40(6)52(68)53(75-10)51(67)39(5)24-35)38(4)26-42-20-22-47(50(27-42)74-9)76-31-43-30-62(60-59-43)57(32-63,33-64)34-65/h11-13,16-17,25,30,35,37-39,41-42,44-45,47-50,52-53,63-65,68,72H,14-15,18-24,26-29,31-34H2,1-10H3/b13-11?,16-12+,36-17?,40-25+/t35-,37-,38-,39-,41-,42+,44+,45+,47-,48+,49+,50-,52-,53+,58-/m1/s1. The molecule has 1 saturated carbocycles. The zero-order valence-electron chi connectivity index (χ0n) is 47.7. The number of nitrogens with zero attached hydrogens (tertiary/aromatic N) is 4. The van der Waals surface area contributed by atoms with E-state index in [4.69, 9.17) is 28.4 Å². The summed E-state index contributed by atoms with van der Waals surface area (Å²) >= 11 is 0. The number of cyclic esters (lactones) is 1. The average Bonchev–Trinajstić information content (AvgIpc) is 3.95. The Morgan fingerprint density at radius 2 is 1.56 bits per heavy atom. The van der Waals surface area contributed by atoms with E-state index in [0.717, 1.165) is 5.57 Å². The Hall–Kier alpha value is -4.35. The van der Waals surface area contributed by atoms with Crippen molar-refractivity contribution in [1.82, 2.24) is 19.9 Å². The number of fused-ring (bicyclic) bond motifs is 3. The second-order valence-electron chi connectivity index (χ2n) is 22.7. The van der Waals surface area contributed by atoms with Crippen LogP contribution in [0.15, 0.2) is 53.8 Å². The van der Waals surface area contributed by atoms with Gasteiger partial charge in [-0.2, -0.15) is 0 Å². The molecule has 4 heterocycles. The van der Waals surface area contributed by atoms with Gasteiger partial charge >= 0.3 is 5.97 Å². The van der Waals surface area contributed by atoms with Crippen LogP contribution in [0.4, 0.5) is 0 Å². The number of methoxy groups -OCH3 is 3. The molecule has 1 aliphatic carbocycles. The SMILES string of the molecule is CO[C@H]1C[C@@H]2CC[C@@H](C)[C@@](O)(O2)C(=O)C(=O)N2CCCC[C@H]2C(=O)O[C@H]([C@H](C)C[C@@H]2CC[C@@H](OCc3cn(C(CO)(CO)CO)nn3)[C@H](OC)C2)CC(=O)[C@H](C)/C=C(\C)[C@@H](O)[C@@H](OC)C(=O)[C@H](C)C[C@H](C)/C=C/C=CC=C1C. The lowest BCUT2D eigenvalue weighted by molar-refractivity contribution is -0.265. The second kappa shape index (κ2) is 29.9. The molecule has 1 amide bonds. The number of piperidine rings is 1. The van der Waals surface area contributed by atoms with Gasteiger partial charge in [0, 0.05) is 58.5 Å². The predicted molar refractivity (Wildman–Crippen MR) is 287 cm³/mol. The van der Waals surface area contributed by atoms with Gasteiger partial charge in [0.15, 0.2) is 5.78 Å². The molecule has 438 valence electrons. The van der Waals surface area contributed by atoms with Gasteiger partial charge < -0.3 is 58.9 Å². The lowest BCUT2D eigenvalue weighted by Crippen LogP contribution is -2.61. The minimum Gasteiger partial charge on any atom is -0.460 e. The van der Waals surface area contributed by atoms with E-state index in [2.05, 4.69) is 10.3 Å². The van der Waals surface area contributed by atoms with Crippen LogP contribution in [-0.2, 0) is 64.5 Å². The van der Waals surface area contributed by atoms with Crippen LogP contribution in [0.1, 0.15) is 131 Å². The fourth-order valence-electron chi connectivity index (χ4n) is 11.4. The first-order valence-corrected chi connectivity index (χ1v) is 27.9. The molecular weight excluding hydrogens is 1010 g/mol. The number of hydrogen-bond acceptors (Lipinski definition) is 18. The van der Waals surface area contributed by atoms with E-state index in [1.54, 1.807) is 48.0 Å². The summed E-state index contributed by atoms with van der Waals surface area (Å²) in [5.74, 6) is -8.42. The Morgan fingerprint density at radius 3 is 2.23 bits per heavy atom. The highest BCUT2D eigenvalue weighted by molar-refractivity contribution is 6.39. The number of ether oxygens (including phenoxy) is 6. The van der Waals surface area contributed by atoms with Crippen molar-refractivity contribution in [2.24, 2.45) is 35.5 Å². The third-order valence-electron chi connectivity index (χ3n) is 16.8. The molecular formula is C58H90N4O16. The van der Waals surface area contributed by atoms with E-state index < -0.39 is 109 Å². The Kier molecular flexibility index (Phi) is 24.7. The largest absolute Gasteiger partial charge is 0.460 e. The van der Waals surface area contributed by atoms with Gasteiger partial charge in [0.05, 0.1) is 57.0 Å². The van der Waals surface area contributed by atoms with Gasteiger partial charge in [-0.05, 0) is 107 Å². The molecule has 4 aliphatic rings. The highest BCUT2D eigenvalue weighted by Crippen LogP contribution is 2.38. The third-order valence-corrected chi connectivity index (χ3v) is 16.8. The van der Waals surface area contributed by atoms with Gasteiger partial charge in [-0.1, -0.05) is 76.3 Å². The molecule has 1 aromatic rings. The summed E-state index contributed by atoms with van der Waals surface area (Å²) < 4.78 is 37.4. The van der Waals surface area contributed by atoms with Gasteiger partial charge in [-0.3, -0.25) is 19.2 Å². The van der Waals surface area contributed by atoms with E-state index in [9.17, 15) is 49.5 Å². The highest BCUT2D eigenvalue weighted by Gasteiger charge is 2.53. The van der Waals surface area contributed by atoms with Crippen LogP contribution in [0.2, 0.25) is 0 Å². The van der Waals surface area contributed by atoms with Gasteiger partial charge in [0.2, 0.25) is 5.79 Å². The molecule has 0 radical (unpaired) electrons. The normalized spacial score (nSPS) is 34.8. The molecule has 0 spiro atoms. The molecule has 3 fully saturated rings. The molecule has 78 heavy (non-hydrogen) atoms. The molecule has 5 N–H and O–H groups in total. The van der Waals surface area contributed by atoms with Crippen molar-refractivity contribution in [3.05, 3.63) is 59.5 Å². The fourth-order valence-corrected chi connectivity index (χ4v) is 11.4. The number of amides is 1. The maximum Gasteiger partial charge on any atom is 0.329 e. The van der Waals surface area contributed by atoms with Crippen molar-refractivity contribution in [3.63, 3.8) is 0 Å². The first-order valence-electron chi connectivity index (χ1n) is 27.9. The van der Waals surface area contributed by atoms with Crippen LogP contribution in [0.25, 0.3) is 0 Å². The number of esters is 1. The Bertz CT molecular complexity index is 2270. The number of Topliss-reactive ketones (excluding diaryl/α,β-unsaturated/α-hetero) is 3. The number of aromatic nitrogens is 3. The number of carbonyl (C=O) groups is 5. The number of aliphatic hydroxyl groups excluding tert-OH is 4. The topological polar surface area (TPSA) is 276 Å².